The van der Waals surface area contributed by atoms with Crippen molar-refractivity contribution >= 4 is 11.8 Å². The molecular formula is C10H18OS. The monoisotopic (exact) mass is 186 g/mol. The summed E-state index contributed by atoms with van der Waals surface area (Å²) in [5, 5.41) is 9.42. The van der Waals surface area contributed by atoms with Crippen molar-refractivity contribution in [1.29, 1.82) is 0 Å². The van der Waals surface area contributed by atoms with Crippen LogP contribution in [0.5, 0.6) is 0 Å². The maximum absolute atomic E-state index is 9.42. The molecule has 0 saturated carbocycles. The van der Waals surface area contributed by atoms with Gasteiger partial charge in [0, 0.05) is 16.9 Å². The number of rotatable bonds is 3. The zero-order valence-electron chi connectivity index (χ0n) is 8.35. The molecular weight excluding hydrogens is 168 g/mol. The Morgan fingerprint density at radius 1 is 1.42 bits per heavy atom. The third kappa shape index (κ3) is 7.97. The summed E-state index contributed by atoms with van der Waals surface area (Å²) < 4.78 is 0.237. The van der Waals surface area contributed by atoms with Crippen LogP contribution in [-0.4, -0.2) is 21.7 Å². The summed E-state index contributed by atoms with van der Waals surface area (Å²) in [6.45, 7) is 8.24. The van der Waals surface area contributed by atoms with E-state index in [1.54, 1.807) is 18.7 Å². The highest BCUT2D eigenvalue weighted by atomic mass is 32.2. The number of thioether (sulfide) groups is 1. The predicted molar refractivity (Wildman–Crippen MR) is 56.3 cm³/mol. The first-order valence-corrected chi connectivity index (χ1v) is 5.16. The Morgan fingerprint density at radius 3 is 2.42 bits per heavy atom. The second-order valence-electron chi connectivity index (χ2n) is 3.71. The van der Waals surface area contributed by atoms with E-state index in [2.05, 4.69) is 32.6 Å². The molecule has 2 heteroatoms. The van der Waals surface area contributed by atoms with Gasteiger partial charge in [-0.2, -0.15) is 11.8 Å². The van der Waals surface area contributed by atoms with Gasteiger partial charge in [0.25, 0.3) is 0 Å². The molecule has 70 valence electrons. The van der Waals surface area contributed by atoms with Gasteiger partial charge in [-0.05, 0) is 6.92 Å². The Labute approximate surface area is 79.9 Å². The maximum Gasteiger partial charge on any atom is 0.0739 e. The van der Waals surface area contributed by atoms with Gasteiger partial charge in [-0.25, -0.2) is 0 Å². The molecule has 0 aromatic heterocycles. The largest absolute Gasteiger partial charge is 0.391 e. The normalized spacial score (nSPS) is 13.4. The van der Waals surface area contributed by atoms with Crippen molar-refractivity contribution in [1.82, 2.24) is 0 Å². The first-order valence-electron chi connectivity index (χ1n) is 4.17. The fourth-order valence-corrected chi connectivity index (χ4v) is 1.44. The molecule has 0 radical (unpaired) electrons. The zero-order valence-corrected chi connectivity index (χ0v) is 9.16. The third-order valence-corrected chi connectivity index (χ3v) is 2.64. The minimum atomic E-state index is -0.276. The van der Waals surface area contributed by atoms with Crippen LogP contribution in [0.3, 0.4) is 0 Å². The van der Waals surface area contributed by atoms with E-state index in [1.165, 1.54) is 0 Å². The summed E-state index contributed by atoms with van der Waals surface area (Å²) in [7, 11) is 0. The van der Waals surface area contributed by atoms with Crippen molar-refractivity contribution in [3.63, 3.8) is 0 Å². The molecule has 1 nitrogen and oxygen atoms in total. The van der Waals surface area contributed by atoms with Gasteiger partial charge in [-0.1, -0.05) is 20.8 Å². The molecule has 0 aromatic carbocycles. The van der Waals surface area contributed by atoms with Gasteiger partial charge in [0.2, 0.25) is 0 Å². The van der Waals surface area contributed by atoms with E-state index in [4.69, 9.17) is 0 Å². The highest BCUT2D eigenvalue weighted by molar-refractivity contribution is 8.00. The standard InChI is InChI=1S/C10H18OS/c1-5-6-7-9(11)8-12-10(2,3)4/h9,11H,7-8H2,1-4H3. The molecule has 1 atom stereocenters. The highest BCUT2D eigenvalue weighted by Gasteiger charge is 2.12. The van der Waals surface area contributed by atoms with Crippen molar-refractivity contribution < 1.29 is 5.11 Å². The number of aliphatic hydroxyl groups excluding tert-OH is 1. The average molecular weight is 186 g/mol. The summed E-state index contributed by atoms with van der Waals surface area (Å²) in [4.78, 5) is 0. The first-order chi connectivity index (χ1) is 5.45. The van der Waals surface area contributed by atoms with Gasteiger partial charge < -0.3 is 5.11 Å². The van der Waals surface area contributed by atoms with Crippen LogP contribution in [0.4, 0.5) is 0 Å². The molecule has 0 rings (SSSR count). The molecule has 0 fully saturated rings. The quantitative estimate of drug-likeness (QED) is 0.682. The Morgan fingerprint density at radius 2 is 2.00 bits per heavy atom. The van der Waals surface area contributed by atoms with Crippen LogP contribution in [0.15, 0.2) is 0 Å². The molecule has 0 bridgehead atoms. The zero-order chi connectivity index (χ0) is 9.61. The fraction of sp³-hybridized carbons (Fsp3) is 0.800. The van der Waals surface area contributed by atoms with Gasteiger partial charge in [-0.15, -0.1) is 11.8 Å². The van der Waals surface area contributed by atoms with Gasteiger partial charge >= 0.3 is 0 Å². The molecule has 0 aliphatic heterocycles. The Hall–Kier alpha value is -0.130. The van der Waals surface area contributed by atoms with Crippen LogP contribution in [0.2, 0.25) is 0 Å². The molecule has 0 aliphatic rings. The van der Waals surface area contributed by atoms with E-state index in [1.807, 2.05) is 0 Å². The van der Waals surface area contributed by atoms with Crippen LogP contribution in [0, 0.1) is 11.8 Å². The molecule has 0 spiro atoms. The van der Waals surface area contributed by atoms with Crippen molar-refractivity contribution in [3.05, 3.63) is 0 Å². The van der Waals surface area contributed by atoms with Crippen LogP contribution in [0.1, 0.15) is 34.1 Å². The van der Waals surface area contributed by atoms with Gasteiger partial charge in [-0.3, -0.25) is 0 Å². The van der Waals surface area contributed by atoms with Gasteiger partial charge in [0.1, 0.15) is 0 Å². The molecule has 0 heterocycles. The molecule has 1 unspecified atom stereocenters. The Balaban J connectivity index is 3.55. The summed E-state index contributed by atoms with van der Waals surface area (Å²) in [6.07, 6.45) is 0.321. The summed E-state index contributed by atoms with van der Waals surface area (Å²) >= 11 is 1.77. The molecule has 12 heavy (non-hydrogen) atoms. The lowest BCUT2D eigenvalue weighted by Gasteiger charge is -2.18. The number of hydrogen-bond acceptors (Lipinski definition) is 2. The van der Waals surface area contributed by atoms with E-state index >= 15 is 0 Å². The van der Waals surface area contributed by atoms with E-state index in [0.717, 1.165) is 5.75 Å². The minimum absolute atomic E-state index is 0.237. The summed E-state index contributed by atoms with van der Waals surface area (Å²) in [6, 6.07) is 0. The Bertz CT molecular complexity index is 171. The number of hydrogen-bond donors (Lipinski definition) is 1. The van der Waals surface area contributed by atoms with Crippen molar-refractivity contribution in [3.8, 4) is 11.8 Å². The van der Waals surface area contributed by atoms with Crippen LogP contribution in [0.25, 0.3) is 0 Å². The topological polar surface area (TPSA) is 20.2 Å². The van der Waals surface area contributed by atoms with Gasteiger partial charge in [0.05, 0.1) is 6.10 Å². The SMILES string of the molecule is CC#CCC(O)CSC(C)(C)C. The average Bonchev–Trinajstić information content (AvgIpc) is 1.95. The maximum atomic E-state index is 9.42. The van der Waals surface area contributed by atoms with Crippen molar-refractivity contribution in [2.45, 2.75) is 45.0 Å². The fourth-order valence-electron chi connectivity index (χ4n) is 0.625. The molecule has 1 N–H and O–H groups in total. The lowest BCUT2D eigenvalue weighted by atomic mass is 10.3. The number of aliphatic hydroxyl groups is 1. The summed E-state index contributed by atoms with van der Waals surface area (Å²) in [5.41, 5.74) is 0. The predicted octanol–water partition coefficient (Wildman–Crippen LogP) is 2.29. The van der Waals surface area contributed by atoms with Gasteiger partial charge in [0.15, 0.2) is 0 Å². The Kier molecular flexibility index (Phi) is 5.44. The van der Waals surface area contributed by atoms with Crippen molar-refractivity contribution in [2.75, 3.05) is 5.75 Å². The van der Waals surface area contributed by atoms with Crippen LogP contribution >= 0.6 is 11.8 Å². The lowest BCUT2D eigenvalue weighted by molar-refractivity contribution is 0.205. The molecule has 0 amide bonds. The second kappa shape index (κ2) is 5.50. The minimum Gasteiger partial charge on any atom is -0.391 e. The van der Waals surface area contributed by atoms with E-state index < -0.39 is 0 Å². The highest BCUT2D eigenvalue weighted by Crippen LogP contribution is 2.23. The van der Waals surface area contributed by atoms with Crippen LogP contribution < -0.4 is 0 Å². The van der Waals surface area contributed by atoms with Crippen molar-refractivity contribution in [2.24, 2.45) is 0 Å². The lowest BCUT2D eigenvalue weighted by Crippen LogP contribution is -2.16. The van der Waals surface area contributed by atoms with E-state index in [0.29, 0.717) is 6.42 Å². The smallest absolute Gasteiger partial charge is 0.0739 e. The molecule has 0 aliphatic carbocycles. The third-order valence-electron chi connectivity index (χ3n) is 1.22. The first kappa shape index (κ1) is 11.9. The van der Waals surface area contributed by atoms with E-state index in [-0.39, 0.29) is 10.9 Å². The van der Waals surface area contributed by atoms with E-state index in [9.17, 15) is 5.11 Å². The molecule has 0 aromatic rings. The second-order valence-corrected chi connectivity index (χ2v) is 5.55. The molecule has 0 saturated heterocycles. The summed E-state index contributed by atoms with van der Waals surface area (Å²) in [5.74, 6) is 6.42. The van der Waals surface area contributed by atoms with Crippen LogP contribution in [-0.2, 0) is 0 Å².